The number of ether oxygens (including phenoxy) is 1. The molecule has 3 heterocycles. The number of anilines is 2. The lowest BCUT2D eigenvalue weighted by Crippen LogP contribution is -2.32. The van der Waals surface area contributed by atoms with Crippen LogP contribution in [-0.4, -0.2) is 30.3 Å². The van der Waals surface area contributed by atoms with Crippen LogP contribution in [0.5, 0.6) is 5.75 Å². The second-order valence-corrected chi connectivity index (χ2v) is 10.8. The van der Waals surface area contributed by atoms with E-state index in [1.807, 2.05) is 61.3 Å². The summed E-state index contributed by atoms with van der Waals surface area (Å²) in [6.45, 7) is 3.93. The predicted octanol–water partition coefficient (Wildman–Crippen LogP) is 5.98. The summed E-state index contributed by atoms with van der Waals surface area (Å²) in [6.07, 6.45) is 5.97. The summed E-state index contributed by atoms with van der Waals surface area (Å²) in [5.41, 5.74) is 3.43. The van der Waals surface area contributed by atoms with Gasteiger partial charge in [-0.2, -0.15) is 8.42 Å². The zero-order valence-electron chi connectivity index (χ0n) is 18.7. The SMILES string of the molecule is CC(C)Oc1cccc(N2C(CCc3c[nH]c4ccc(Br)cc34)=NS(=O)(=O)c3cnccc32)c1. The molecule has 1 aliphatic heterocycles. The molecule has 0 bridgehead atoms. The summed E-state index contributed by atoms with van der Waals surface area (Å²) >= 11 is 3.53. The van der Waals surface area contributed by atoms with Crippen molar-refractivity contribution in [1.82, 2.24) is 9.97 Å². The van der Waals surface area contributed by atoms with E-state index >= 15 is 0 Å². The van der Waals surface area contributed by atoms with Crippen LogP contribution >= 0.6 is 15.9 Å². The van der Waals surface area contributed by atoms with Crippen molar-refractivity contribution in [2.75, 3.05) is 4.90 Å². The average molecular weight is 539 g/mol. The van der Waals surface area contributed by atoms with Crippen LogP contribution < -0.4 is 9.64 Å². The maximum atomic E-state index is 13.0. The molecule has 0 amide bonds. The van der Waals surface area contributed by atoms with E-state index in [9.17, 15) is 8.42 Å². The number of fused-ring (bicyclic) bond motifs is 2. The standard InChI is InChI=1S/C25H23BrN4O3S/c1-16(2)33-20-5-3-4-19(13-20)30-23-10-11-27-15-24(23)34(31,32)29-25(30)9-6-17-14-28-22-8-7-18(26)12-21(17)22/h3-5,7-8,10-16,28H,6,9H2,1-2H3. The first kappa shape index (κ1) is 22.6. The fourth-order valence-electron chi connectivity index (χ4n) is 4.14. The van der Waals surface area contributed by atoms with E-state index in [4.69, 9.17) is 4.74 Å². The van der Waals surface area contributed by atoms with E-state index in [2.05, 4.69) is 36.4 Å². The van der Waals surface area contributed by atoms with Crippen molar-refractivity contribution in [1.29, 1.82) is 0 Å². The third-order valence-corrected chi connectivity index (χ3v) is 7.37. The molecule has 34 heavy (non-hydrogen) atoms. The molecular formula is C25H23BrN4O3S. The molecule has 0 saturated carbocycles. The van der Waals surface area contributed by atoms with Gasteiger partial charge in [0.2, 0.25) is 0 Å². The lowest BCUT2D eigenvalue weighted by atomic mass is 10.1. The highest BCUT2D eigenvalue weighted by Gasteiger charge is 2.32. The van der Waals surface area contributed by atoms with Gasteiger partial charge in [-0.15, -0.1) is 4.40 Å². The van der Waals surface area contributed by atoms with Gasteiger partial charge in [-0.25, -0.2) is 0 Å². The number of halogens is 1. The summed E-state index contributed by atoms with van der Waals surface area (Å²) in [5, 5.41) is 1.09. The normalized spacial score (nSPS) is 14.8. The number of sulfonamides is 1. The molecule has 1 aliphatic rings. The van der Waals surface area contributed by atoms with Crippen molar-refractivity contribution in [2.45, 2.75) is 37.7 Å². The van der Waals surface area contributed by atoms with Crippen LogP contribution in [0.1, 0.15) is 25.8 Å². The number of hydrogen-bond acceptors (Lipinski definition) is 5. The highest BCUT2D eigenvalue weighted by atomic mass is 79.9. The number of nitrogens with one attached hydrogen (secondary N) is 1. The maximum absolute atomic E-state index is 13.0. The molecular weight excluding hydrogens is 516 g/mol. The zero-order chi connectivity index (χ0) is 23.9. The number of rotatable bonds is 6. The molecule has 0 radical (unpaired) electrons. The molecule has 0 unspecified atom stereocenters. The third-order valence-electron chi connectivity index (χ3n) is 5.56. The molecule has 0 atom stereocenters. The Kier molecular flexibility index (Phi) is 5.91. The van der Waals surface area contributed by atoms with Gasteiger partial charge in [-0.3, -0.25) is 9.88 Å². The Morgan fingerprint density at radius 1 is 1.12 bits per heavy atom. The number of aromatic amines is 1. The highest BCUT2D eigenvalue weighted by Crippen LogP contribution is 2.38. The largest absolute Gasteiger partial charge is 0.491 e. The van der Waals surface area contributed by atoms with Crippen LogP contribution in [0, 0.1) is 0 Å². The number of H-pyrrole nitrogens is 1. The van der Waals surface area contributed by atoms with Crippen LogP contribution in [0.4, 0.5) is 11.4 Å². The van der Waals surface area contributed by atoms with Gasteiger partial charge >= 0.3 is 0 Å². The molecule has 5 rings (SSSR count). The minimum atomic E-state index is -3.86. The number of aromatic nitrogens is 2. The Labute approximate surface area is 206 Å². The Bertz CT molecular complexity index is 1510. The molecule has 9 heteroatoms. The Morgan fingerprint density at radius 2 is 1.97 bits per heavy atom. The van der Waals surface area contributed by atoms with E-state index in [0.717, 1.165) is 26.6 Å². The van der Waals surface area contributed by atoms with Crippen molar-refractivity contribution >= 4 is 54.1 Å². The van der Waals surface area contributed by atoms with Gasteiger partial charge in [-0.1, -0.05) is 22.0 Å². The number of aryl methyl sites for hydroxylation is 1. The zero-order valence-corrected chi connectivity index (χ0v) is 21.1. The molecule has 0 saturated heterocycles. The summed E-state index contributed by atoms with van der Waals surface area (Å²) in [6, 6.07) is 15.4. The topological polar surface area (TPSA) is 87.6 Å². The Morgan fingerprint density at radius 3 is 2.79 bits per heavy atom. The second-order valence-electron chi connectivity index (χ2n) is 8.33. The lowest BCUT2D eigenvalue weighted by molar-refractivity contribution is 0.242. The summed E-state index contributed by atoms with van der Waals surface area (Å²) < 4.78 is 37.1. The van der Waals surface area contributed by atoms with Gasteiger partial charge in [-0.05, 0) is 62.2 Å². The van der Waals surface area contributed by atoms with Gasteiger partial charge < -0.3 is 9.72 Å². The summed E-state index contributed by atoms with van der Waals surface area (Å²) in [5.74, 6) is 1.15. The number of benzene rings is 2. The lowest BCUT2D eigenvalue weighted by Gasteiger charge is -2.31. The van der Waals surface area contributed by atoms with E-state index in [1.165, 1.54) is 6.20 Å². The molecule has 0 fully saturated rings. The molecule has 1 N–H and O–H groups in total. The first-order valence-corrected chi connectivity index (χ1v) is 13.2. The quantitative estimate of drug-likeness (QED) is 0.326. The average Bonchev–Trinajstić information content (AvgIpc) is 3.19. The molecule has 174 valence electrons. The van der Waals surface area contributed by atoms with Crippen molar-refractivity contribution < 1.29 is 13.2 Å². The van der Waals surface area contributed by atoms with E-state index in [1.54, 1.807) is 12.3 Å². The first-order valence-electron chi connectivity index (χ1n) is 10.9. The van der Waals surface area contributed by atoms with Crippen LogP contribution in [0.15, 0.2) is 80.9 Å². The van der Waals surface area contributed by atoms with Crippen molar-refractivity contribution in [3.05, 3.63) is 77.2 Å². The first-order chi connectivity index (χ1) is 16.3. The van der Waals surface area contributed by atoms with Crippen LogP contribution in [0.2, 0.25) is 0 Å². The van der Waals surface area contributed by atoms with Crippen LogP contribution in [-0.2, 0) is 16.4 Å². The number of hydrogen-bond donors (Lipinski definition) is 1. The van der Waals surface area contributed by atoms with Crippen LogP contribution in [0.25, 0.3) is 10.9 Å². The number of amidine groups is 1. The number of pyridine rings is 1. The van der Waals surface area contributed by atoms with E-state index < -0.39 is 10.0 Å². The summed E-state index contributed by atoms with van der Waals surface area (Å²) in [7, 11) is -3.86. The molecule has 2 aromatic heterocycles. The van der Waals surface area contributed by atoms with Crippen molar-refractivity contribution in [2.24, 2.45) is 4.40 Å². The maximum Gasteiger partial charge on any atom is 0.287 e. The van der Waals surface area contributed by atoms with Gasteiger partial charge in [0, 0.05) is 46.5 Å². The predicted molar refractivity (Wildman–Crippen MR) is 138 cm³/mol. The van der Waals surface area contributed by atoms with E-state index in [0.29, 0.717) is 30.1 Å². The molecule has 2 aromatic carbocycles. The molecule has 0 spiro atoms. The molecule has 0 aliphatic carbocycles. The number of nitrogens with zero attached hydrogens (tertiary/aromatic N) is 3. The van der Waals surface area contributed by atoms with E-state index in [-0.39, 0.29) is 11.0 Å². The summed E-state index contributed by atoms with van der Waals surface area (Å²) in [4.78, 5) is 9.28. The van der Waals surface area contributed by atoms with Gasteiger partial charge in [0.1, 0.15) is 16.5 Å². The Balaban J connectivity index is 1.56. The van der Waals surface area contributed by atoms with Crippen molar-refractivity contribution in [3.8, 4) is 5.75 Å². The van der Waals surface area contributed by atoms with Crippen LogP contribution in [0.3, 0.4) is 0 Å². The monoisotopic (exact) mass is 538 g/mol. The smallest absolute Gasteiger partial charge is 0.287 e. The molecule has 7 nitrogen and oxygen atoms in total. The minimum Gasteiger partial charge on any atom is -0.491 e. The van der Waals surface area contributed by atoms with Crippen molar-refractivity contribution in [3.63, 3.8) is 0 Å². The second kappa shape index (κ2) is 8.88. The van der Waals surface area contributed by atoms with Gasteiger partial charge in [0.15, 0.2) is 0 Å². The molecule has 4 aromatic rings. The fourth-order valence-corrected chi connectivity index (χ4v) is 5.67. The highest BCUT2D eigenvalue weighted by molar-refractivity contribution is 9.10. The Hall–Kier alpha value is -3.17. The third kappa shape index (κ3) is 4.33. The van der Waals surface area contributed by atoms with Gasteiger partial charge in [0.05, 0.1) is 17.5 Å². The van der Waals surface area contributed by atoms with Gasteiger partial charge in [0.25, 0.3) is 10.0 Å². The minimum absolute atomic E-state index is 0.0165. The fraction of sp³-hybridized carbons (Fsp3) is 0.200.